The largest absolute Gasteiger partial charge is 0.288 e. The van der Waals surface area contributed by atoms with Crippen LogP contribution in [0.2, 0.25) is 0 Å². The summed E-state index contributed by atoms with van der Waals surface area (Å²) >= 11 is 6.71. The van der Waals surface area contributed by atoms with Crippen LogP contribution in [0.3, 0.4) is 0 Å². The van der Waals surface area contributed by atoms with E-state index in [0.29, 0.717) is 23.0 Å². The van der Waals surface area contributed by atoms with Gasteiger partial charge in [0.25, 0.3) is 0 Å². The number of carbonyl (C=O) groups excluding carboxylic acids is 2. The van der Waals surface area contributed by atoms with Crippen LogP contribution in [0.25, 0.3) is 19.5 Å². The molecule has 0 saturated carbocycles. The molecule has 1 aliphatic carbocycles. The second kappa shape index (κ2) is 13.4. The minimum atomic E-state index is 0.0801. The maximum Gasteiger partial charge on any atom is 0.197 e. The van der Waals surface area contributed by atoms with Crippen molar-refractivity contribution in [2.45, 2.75) is 91.9 Å². The second-order valence-corrected chi connectivity index (χ2v) is 15.2. The Hall–Kier alpha value is -1.86. The van der Waals surface area contributed by atoms with Gasteiger partial charge in [-0.15, -0.1) is 45.3 Å². The Labute approximate surface area is 255 Å². The topological polar surface area (TPSA) is 34.1 Å². The molecule has 0 N–H and O–H groups in total. The van der Waals surface area contributed by atoms with Gasteiger partial charge in [0.05, 0.1) is 20.9 Å². The number of carbonyl (C=O) groups is 2. The summed E-state index contributed by atoms with van der Waals surface area (Å²) in [6.45, 7) is 9.03. The van der Waals surface area contributed by atoms with Crippen LogP contribution in [-0.4, -0.2) is 11.6 Å². The predicted octanol–water partition coefficient (Wildman–Crippen LogP) is 11.6. The average Bonchev–Trinajstić information content (AvgIpc) is 3.77. The summed E-state index contributed by atoms with van der Waals surface area (Å²) in [5.41, 5.74) is 2.79. The molecule has 0 amide bonds. The lowest BCUT2D eigenvalue weighted by Gasteiger charge is -2.19. The quantitative estimate of drug-likeness (QED) is 0.126. The van der Waals surface area contributed by atoms with E-state index in [0.717, 1.165) is 66.1 Å². The van der Waals surface area contributed by atoms with Crippen LogP contribution in [0.15, 0.2) is 35.0 Å². The van der Waals surface area contributed by atoms with Crippen molar-refractivity contribution in [1.82, 2.24) is 0 Å². The zero-order chi connectivity index (χ0) is 28.2. The van der Waals surface area contributed by atoms with E-state index in [2.05, 4.69) is 50.6 Å². The first-order valence-electron chi connectivity index (χ1n) is 15.0. The Morgan fingerprint density at radius 1 is 0.625 bits per heavy atom. The van der Waals surface area contributed by atoms with E-state index in [-0.39, 0.29) is 11.6 Å². The van der Waals surface area contributed by atoms with Gasteiger partial charge in [-0.1, -0.05) is 91.2 Å². The Bertz CT molecular complexity index is 1330. The molecule has 40 heavy (non-hydrogen) atoms. The number of unbranched alkanes of at least 4 members (excludes halogenated alkanes) is 2. The van der Waals surface area contributed by atoms with Gasteiger partial charge in [-0.2, -0.15) is 0 Å². The van der Waals surface area contributed by atoms with Crippen LogP contribution in [0.5, 0.6) is 0 Å². The second-order valence-electron chi connectivity index (χ2n) is 11.1. The summed E-state index contributed by atoms with van der Waals surface area (Å²) in [5.74, 6) is 1.25. The van der Waals surface area contributed by atoms with Crippen LogP contribution < -0.4 is 0 Å². The summed E-state index contributed by atoms with van der Waals surface area (Å²) in [4.78, 5) is 35.7. The third-order valence-corrected chi connectivity index (χ3v) is 12.9. The van der Waals surface area contributed by atoms with Crippen molar-refractivity contribution in [2.24, 2.45) is 11.8 Å². The van der Waals surface area contributed by atoms with Gasteiger partial charge < -0.3 is 0 Å². The molecule has 2 unspecified atom stereocenters. The third-order valence-electron chi connectivity index (χ3n) is 8.40. The molecule has 0 fully saturated rings. The predicted molar refractivity (Wildman–Crippen MR) is 176 cm³/mol. The number of hydrogen-bond donors (Lipinski definition) is 0. The zero-order valence-corrected chi connectivity index (χ0v) is 27.4. The van der Waals surface area contributed by atoms with Gasteiger partial charge in [0.15, 0.2) is 11.6 Å². The Morgan fingerprint density at radius 2 is 1.07 bits per heavy atom. The number of fused-ring (bicyclic) bond motifs is 2. The van der Waals surface area contributed by atoms with Gasteiger partial charge in [0.1, 0.15) is 0 Å². The average molecular weight is 609 g/mol. The molecule has 0 radical (unpaired) electrons. The minimum Gasteiger partial charge on any atom is -0.288 e. The lowest BCUT2D eigenvalue weighted by molar-refractivity contribution is 0.0980. The number of hydrogen-bond acceptors (Lipinski definition) is 6. The van der Waals surface area contributed by atoms with Gasteiger partial charge in [-0.25, -0.2) is 0 Å². The molecule has 1 aliphatic rings. The Balaban J connectivity index is 1.67. The smallest absolute Gasteiger partial charge is 0.197 e. The van der Waals surface area contributed by atoms with Gasteiger partial charge in [-0.3, -0.25) is 9.59 Å². The van der Waals surface area contributed by atoms with Crippen LogP contribution in [0.4, 0.5) is 0 Å². The summed E-state index contributed by atoms with van der Waals surface area (Å²) in [6.07, 6.45) is 11.2. The molecule has 0 spiro atoms. The number of rotatable bonds is 14. The Kier molecular flexibility index (Phi) is 9.93. The van der Waals surface area contributed by atoms with Crippen LogP contribution in [0, 0.1) is 11.8 Å². The first-order valence-corrected chi connectivity index (χ1v) is 18.4. The molecule has 0 aliphatic heterocycles. The van der Waals surface area contributed by atoms with E-state index >= 15 is 0 Å². The lowest BCUT2D eigenvalue weighted by atomic mass is 9.81. The lowest BCUT2D eigenvalue weighted by Crippen LogP contribution is -2.22. The van der Waals surface area contributed by atoms with E-state index in [9.17, 15) is 9.59 Å². The molecule has 4 heterocycles. The first kappa shape index (κ1) is 29.6. The molecule has 0 saturated heterocycles. The highest BCUT2D eigenvalue weighted by Gasteiger charge is 2.41. The standard InChI is InChI=1S/C34H40O2S4/c1-5-9-13-21(7-3)19-25-27-28(26(39-25)20-22(8-4)14-10-6-2)32(36)30-29(31(27)35)33(23-15-11-17-37-23)40-34(30)24-16-12-18-38-24/h11-12,15-18,21-22H,5-10,13-14,19-20H2,1-4H3. The van der Waals surface area contributed by atoms with E-state index in [1.165, 1.54) is 38.5 Å². The van der Waals surface area contributed by atoms with Crippen molar-refractivity contribution < 1.29 is 9.59 Å². The van der Waals surface area contributed by atoms with Gasteiger partial charge >= 0.3 is 0 Å². The molecular formula is C34H40O2S4. The molecular weight excluding hydrogens is 569 g/mol. The first-order chi connectivity index (χ1) is 19.5. The molecule has 6 heteroatoms. The van der Waals surface area contributed by atoms with Gasteiger partial charge in [0.2, 0.25) is 0 Å². The fraction of sp³-hybridized carbons (Fsp3) is 0.471. The van der Waals surface area contributed by atoms with E-state index in [1.54, 1.807) is 45.3 Å². The SMILES string of the molecule is CCCCC(CC)Cc1sc(CC(CC)CCCC)c2c1C(=O)c1c(-c3cccs3)sc(-c3cccs3)c1C2=O. The maximum atomic E-state index is 14.7. The van der Waals surface area contributed by atoms with Crippen molar-refractivity contribution in [2.75, 3.05) is 0 Å². The highest BCUT2D eigenvalue weighted by atomic mass is 32.1. The molecule has 4 aromatic heterocycles. The van der Waals surface area contributed by atoms with Crippen LogP contribution in [-0.2, 0) is 12.8 Å². The van der Waals surface area contributed by atoms with Crippen molar-refractivity contribution in [3.8, 4) is 19.5 Å². The summed E-state index contributed by atoms with van der Waals surface area (Å²) in [6, 6.07) is 8.23. The molecule has 2 atom stereocenters. The Morgan fingerprint density at radius 3 is 1.43 bits per heavy atom. The fourth-order valence-electron chi connectivity index (χ4n) is 5.99. The summed E-state index contributed by atoms with van der Waals surface area (Å²) < 4.78 is 0. The normalized spacial score (nSPS) is 14.4. The van der Waals surface area contributed by atoms with Gasteiger partial charge in [0, 0.05) is 30.6 Å². The van der Waals surface area contributed by atoms with E-state index in [4.69, 9.17) is 0 Å². The highest BCUT2D eigenvalue weighted by molar-refractivity contribution is 7.26. The monoisotopic (exact) mass is 608 g/mol. The van der Waals surface area contributed by atoms with Crippen molar-refractivity contribution in [3.63, 3.8) is 0 Å². The van der Waals surface area contributed by atoms with Crippen LogP contribution >= 0.6 is 45.3 Å². The number of ketones is 2. The van der Waals surface area contributed by atoms with E-state index in [1.807, 2.05) is 12.1 Å². The molecule has 0 aromatic carbocycles. The maximum absolute atomic E-state index is 14.7. The minimum absolute atomic E-state index is 0.0801. The third kappa shape index (κ3) is 5.74. The molecule has 0 bridgehead atoms. The summed E-state index contributed by atoms with van der Waals surface area (Å²) in [7, 11) is 0. The summed E-state index contributed by atoms with van der Waals surface area (Å²) in [5, 5.41) is 4.11. The van der Waals surface area contributed by atoms with E-state index < -0.39 is 0 Å². The number of thiophene rings is 4. The fourth-order valence-corrected chi connectivity index (χ4v) is 10.5. The zero-order valence-electron chi connectivity index (χ0n) is 24.1. The molecule has 2 nitrogen and oxygen atoms in total. The highest BCUT2D eigenvalue weighted by Crippen LogP contribution is 2.51. The molecule has 212 valence electrons. The van der Waals surface area contributed by atoms with Crippen molar-refractivity contribution >= 4 is 56.9 Å². The van der Waals surface area contributed by atoms with Crippen molar-refractivity contribution in [3.05, 3.63) is 67.0 Å². The molecule has 5 rings (SSSR count). The van der Waals surface area contributed by atoms with Crippen molar-refractivity contribution in [1.29, 1.82) is 0 Å². The van der Waals surface area contributed by atoms with Crippen LogP contribution in [0.1, 0.15) is 121 Å². The molecule has 4 aromatic rings. The van der Waals surface area contributed by atoms with Gasteiger partial charge in [-0.05, 0) is 47.6 Å².